The number of pyridine rings is 2. The van der Waals surface area contributed by atoms with Gasteiger partial charge in [-0.2, -0.15) is 18.3 Å². The summed E-state index contributed by atoms with van der Waals surface area (Å²) < 4.78 is 52.3. The van der Waals surface area contributed by atoms with E-state index in [2.05, 4.69) is 10.1 Å². The number of carbonyl (C=O) groups excluding carboxylic acids is 1. The van der Waals surface area contributed by atoms with Crippen molar-refractivity contribution < 1.29 is 27.4 Å². The average molecular weight is 513 g/mol. The van der Waals surface area contributed by atoms with Crippen LogP contribution in [0.1, 0.15) is 39.2 Å². The van der Waals surface area contributed by atoms with E-state index in [0.717, 1.165) is 28.6 Å². The molecule has 0 spiro atoms. The SMILES string of the molecule is CC(C)(C)OC(=O)N1CCC(Oc2cncc3ccc(-c4cnn5cc(C(F)(F)F)ccc45)cc23)CC1. The van der Waals surface area contributed by atoms with Gasteiger partial charge in [0, 0.05) is 54.7 Å². The summed E-state index contributed by atoms with van der Waals surface area (Å²) in [4.78, 5) is 18.4. The van der Waals surface area contributed by atoms with Crippen LogP contribution in [0.2, 0.25) is 0 Å². The molecule has 4 heterocycles. The van der Waals surface area contributed by atoms with Crippen molar-refractivity contribution in [2.24, 2.45) is 0 Å². The van der Waals surface area contributed by atoms with Crippen LogP contribution in [0.5, 0.6) is 5.75 Å². The van der Waals surface area contributed by atoms with Gasteiger partial charge in [-0.25, -0.2) is 9.31 Å². The summed E-state index contributed by atoms with van der Waals surface area (Å²) in [6.07, 6.45) is 2.42. The third kappa shape index (κ3) is 5.33. The Hall–Kier alpha value is -3.82. The van der Waals surface area contributed by atoms with Crippen LogP contribution in [0.15, 0.2) is 55.1 Å². The van der Waals surface area contributed by atoms with Gasteiger partial charge in [0.25, 0.3) is 0 Å². The molecule has 37 heavy (non-hydrogen) atoms. The molecule has 194 valence electrons. The first-order valence-electron chi connectivity index (χ1n) is 12.1. The normalized spacial score (nSPS) is 15.4. The number of aromatic nitrogens is 3. The van der Waals surface area contributed by atoms with Crippen molar-refractivity contribution in [3.63, 3.8) is 0 Å². The maximum Gasteiger partial charge on any atom is 0.417 e. The van der Waals surface area contributed by atoms with Crippen LogP contribution in [-0.4, -0.2) is 50.4 Å². The third-order valence-corrected chi connectivity index (χ3v) is 6.27. The Labute approximate surface area is 211 Å². The number of piperidine rings is 1. The molecule has 1 saturated heterocycles. The Balaban J connectivity index is 1.37. The number of rotatable bonds is 3. The van der Waals surface area contributed by atoms with Crippen molar-refractivity contribution in [2.75, 3.05) is 13.1 Å². The van der Waals surface area contributed by atoms with E-state index in [1.807, 2.05) is 39.0 Å². The van der Waals surface area contributed by atoms with Crippen LogP contribution < -0.4 is 4.74 Å². The second-order valence-corrected chi connectivity index (χ2v) is 10.2. The fourth-order valence-corrected chi connectivity index (χ4v) is 4.44. The van der Waals surface area contributed by atoms with E-state index in [1.165, 1.54) is 10.6 Å². The van der Waals surface area contributed by atoms with Crippen LogP contribution >= 0.6 is 0 Å². The van der Waals surface area contributed by atoms with E-state index in [0.29, 0.717) is 42.8 Å². The maximum absolute atomic E-state index is 13.1. The van der Waals surface area contributed by atoms with Crippen molar-refractivity contribution in [1.29, 1.82) is 0 Å². The van der Waals surface area contributed by atoms with Crippen LogP contribution in [0.4, 0.5) is 18.0 Å². The second kappa shape index (κ2) is 9.24. The Kier molecular flexibility index (Phi) is 6.21. The zero-order chi connectivity index (χ0) is 26.4. The molecule has 0 bridgehead atoms. The second-order valence-electron chi connectivity index (χ2n) is 10.2. The molecule has 4 aromatic rings. The summed E-state index contributed by atoms with van der Waals surface area (Å²) in [5, 5.41) is 5.86. The van der Waals surface area contributed by atoms with Gasteiger partial charge >= 0.3 is 12.3 Å². The number of halogens is 3. The first kappa shape index (κ1) is 24.9. The molecule has 10 heteroatoms. The van der Waals surface area contributed by atoms with Gasteiger partial charge in [-0.3, -0.25) is 4.98 Å². The molecule has 5 rings (SSSR count). The van der Waals surface area contributed by atoms with Gasteiger partial charge in [-0.15, -0.1) is 0 Å². The highest BCUT2D eigenvalue weighted by Gasteiger charge is 2.31. The number of fused-ring (bicyclic) bond motifs is 2. The van der Waals surface area contributed by atoms with E-state index < -0.39 is 17.3 Å². The highest BCUT2D eigenvalue weighted by molar-refractivity contribution is 5.93. The fraction of sp³-hybridized carbons (Fsp3) is 0.370. The number of hydrogen-bond donors (Lipinski definition) is 0. The largest absolute Gasteiger partial charge is 0.488 e. The lowest BCUT2D eigenvalue weighted by molar-refractivity contribution is -0.137. The zero-order valence-corrected chi connectivity index (χ0v) is 20.7. The standard InChI is InChI=1S/C27H27F3N4O3/c1-26(2,3)37-25(35)33-10-8-20(9-11-33)36-24-15-31-13-18-5-4-17(12-21(18)24)22-14-32-34-16-19(27(28,29)30)6-7-23(22)34/h4-7,12-16,20H,8-11H2,1-3H3. The fourth-order valence-electron chi connectivity index (χ4n) is 4.44. The molecular formula is C27H27F3N4O3. The summed E-state index contributed by atoms with van der Waals surface area (Å²) in [6, 6.07) is 8.23. The number of hydrogen-bond acceptors (Lipinski definition) is 5. The van der Waals surface area contributed by atoms with Gasteiger partial charge < -0.3 is 14.4 Å². The lowest BCUT2D eigenvalue weighted by atomic mass is 10.0. The minimum absolute atomic E-state index is 0.0903. The number of nitrogens with zero attached hydrogens (tertiary/aromatic N) is 4. The lowest BCUT2D eigenvalue weighted by Crippen LogP contribution is -2.44. The molecule has 0 N–H and O–H groups in total. The van der Waals surface area contributed by atoms with Crippen molar-refractivity contribution >= 4 is 22.4 Å². The number of benzene rings is 1. The molecule has 1 aliphatic heterocycles. The minimum atomic E-state index is -4.44. The van der Waals surface area contributed by atoms with E-state index in [1.54, 1.807) is 23.5 Å². The Morgan fingerprint density at radius 3 is 2.49 bits per heavy atom. The molecule has 1 aromatic carbocycles. The maximum atomic E-state index is 13.1. The molecule has 7 nitrogen and oxygen atoms in total. The summed E-state index contributed by atoms with van der Waals surface area (Å²) in [5.74, 6) is 0.617. The van der Waals surface area contributed by atoms with Gasteiger partial charge in [0.1, 0.15) is 17.5 Å². The van der Waals surface area contributed by atoms with E-state index in [-0.39, 0.29) is 12.2 Å². The summed E-state index contributed by atoms with van der Waals surface area (Å²) in [7, 11) is 0. The Bertz CT molecular complexity index is 1450. The molecule has 0 saturated carbocycles. The van der Waals surface area contributed by atoms with Crippen LogP contribution in [0.25, 0.3) is 27.4 Å². The average Bonchev–Trinajstić information content (AvgIpc) is 3.26. The van der Waals surface area contributed by atoms with Crippen LogP contribution in [0, 0.1) is 0 Å². The van der Waals surface area contributed by atoms with Gasteiger partial charge in [0.15, 0.2) is 0 Å². The minimum Gasteiger partial charge on any atom is -0.488 e. The predicted octanol–water partition coefficient (Wildman–Crippen LogP) is 6.35. The van der Waals surface area contributed by atoms with Crippen molar-refractivity contribution in [2.45, 2.75) is 51.5 Å². The number of alkyl halides is 3. The summed E-state index contributed by atoms with van der Waals surface area (Å²) in [6.45, 7) is 6.59. The number of ether oxygens (including phenoxy) is 2. The Morgan fingerprint density at radius 1 is 1.03 bits per heavy atom. The smallest absolute Gasteiger partial charge is 0.417 e. The van der Waals surface area contributed by atoms with E-state index in [9.17, 15) is 18.0 Å². The topological polar surface area (TPSA) is 69.0 Å². The number of amides is 1. The molecular weight excluding hydrogens is 485 g/mol. The molecule has 3 aromatic heterocycles. The van der Waals surface area contributed by atoms with Gasteiger partial charge in [-0.1, -0.05) is 12.1 Å². The molecule has 0 atom stereocenters. The van der Waals surface area contributed by atoms with E-state index in [4.69, 9.17) is 9.47 Å². The van der Waals surface area contributed by atoms with E-state index >= 15 is 0 Å². The first-order valence-corrected chi connectivity index (χ1v) is 12.1. The van der Waals surface area contributed by atoms with Gasteiger partial charge in [0.2, 0.25) is 0 Å². The predicted molar refractivity (Wildman–Crippen MR) is 132 cm³/mol. The molecule has 1 fully saturated rings. The first-order chi connectivity index (χ1) is 17.5. The summed E-state index contributed by atoms with van der Waals surface area (Å²) >= 11 is 0. The molecule has 0 aliphatic carbocycles. The highest BCUT2D eigenvalue weighted by Crippen LogP contribution is 2.35. The van der Waals surface area contributed by atoms with Gasteiger partial charge in [0.05, 0.1) is 23.5 Å². The Morgan fingerprint density at radius 2 is 1.78 bits per heavy atom. The van der Waals surface area contributed by atoms with Gasteiger partial charge in [-0.05, 0) is 44.5 Å². The van der Waals surface area contributed by atoms with Crippen molar-refractivity contribution in [1.82, 2.24) is 19.5 Å². The van der Waals surface area contributed by atoms with Crippen LogP contribution in [0.3, 0.4) is 0 Å². The molecule has 1 aliphatic rings. The number of likely N-dealkylation sites (tertiary alicyclic amines) is 1. The van der Waals surface area contributed by atoms with Crippen LogP contribution in [-0.2, 0) is 10.9 Å². The number of carbonyl (C=O) groups is 1. The summed E-state index contributed by atoms with van der Waals surface area (Å²) in [5.41, 5.74) is 0.784. The molecule has 0 unspecified atom stereocenters. The van der Waals surface area contributed by atoms with Crippen molar-refractivity contribution in [3.8, 4) is 16.9 Å². The zero-order valence-electron chi connectivity index (χ0n) is 20.7. The van der Waals surface area contributed by atoms with Crippen molar-refractivity contribution in [3.05, 3.63) is 60.7 Å². The highest BCUT2D eigenvalue weighted by atomic mass is 19.4. The lowest BCUT2D eigenvalue weighted by Gasteiger charge is -2.33. The molecule has 0 radical (unpaired) electrons. The molecule has 1 amide bonds. The third-order valence-electron chi connectivity index (χ3n) is 6.27. The quantitative estimate of drug-likeness (QED) is 0.320. The monoisotopic (exact) mass is 512 g/mol.